The zero-order valence-electron chi connectivity index (χ0n) is 25.0. The lowest BCUT2D eigenvalue weighted by Crippen LogP contribution is -2.47. The van der Waals surface area contributed by atoms with Gasteiger partial charge in [-0.2, -0.15) is 0 Å². The van der Waals surface area contributed by atoms with Crippen LogP contribution in [-0.2, 0) is 9.53 Å². The van der Waals surface area contributed by atoms with Gasteiger partial charge in [0, 0.05) is 81.9 Å². The van der Waals surface area contributed by atoms with Crippen molar-refractivity contribution in [2.45, 2.75) is 32.4 Å². The number of allylic oxidation sites excluding steroid dienone is 1. The highest BCUT2D eigenvalue weighted by Gasteiger charge is 2.25. The fraction of sp³-hybridized carbons (Fsp3) is 0.548. The highest BCUT2D eigenvalue weighted by Crippen LogP contribution is 2.27. The Morgan fingerprint density at radius 3 is 2.35 bits per heavy atom. The van der Waals surface area contributed by atoms with Crippen LogP contribution < -0.4 is 15.0 Å². The first-order chi connectivity index (χ1) is 20.8. The second kappa shape index (κ2) is 15.3. The van der Waals surface area contributed by atoms with Gasteiger partial charge in [0.1, 0.15) is 0 Å². The molecule has 10 nitrogen and oxygen atoms in total. The minimum atomic E-state index is -0.427. The molecule has 1 atom stereocenters. The molecule has 12 heteroatoms. The molecule has 0 saturated carbocycles. The quantitative estimate of drug-likeness (QED) is 0.400. The largest absolute Gasteiger partial charge is 0.465 e. The second-order valence-electron chi connectivity index (χ2n) is 11.4. The molecule has 2 aromatic rings. The van der Waals surface area contributed by atoms with Crippen LogP contribution in [0.5, 0.6) is 5.75 Å². The molecule has 1 N–H and O–H groups in total. The molecule has 1 unspecified atom stereocenters. The van der Waals surface area contributed by atoms with Crippen LogP contribution in [0.25, 0.3) is 0 Å². The Kier molecular flexibility index (Phi) is 11.3. The number of nitrogens with zero attached hydrogens (tertiary/aromatic N) is 6. The van der Waals surface area contributed by atoms with Gasteiger partial charge in [-0.3, -0.25) is 14.6 Å². The summed E-state index contributed by atoms with van der Waals surface area (Å²) >= 11 is 12.7. The Morgan fingerprint density at radius 1 is 1.00 bits per heavy atom. The van der Waals surface area contributed by atoms with Gasteiger partial charge in [-0.1, -0.05) is 23.2 Å². The van der Waals surface area contributed by atoms with E-state index in [1.165, 1.54) is 5.57 Å². The van der Waals surface area contributed by atoms with Crippen molar-refractivity contribution in [2.75, 3.05) is 77.5 Å². The van der Waals surface area contributed by atoms with E-state index in [1.807, 2.05) is 12.1 Å². The fourth-order valence-electron chi connectivity index (χ4n) is 5.76. The van der Waals surface area contributed by atoms with Gasteiger partial charge in [0.15, 0.2) is 12.0 Å². The number of piperidine rings is 1. The summed E-state index contributed by atoms with van der Waals surface area (Å²) in [6.45, 7) is 10.5. The molecule has 232 valence electrons. The van der Waals surface area contributed by atoms with Crippen molar-refractivity contribution in [3.8, 4) is 5.75 Å². The molecule has 3 aliphatic rings. The summed E-state index contributed by atoms with van der Waals surface area (Å²) in [5, 5.41) is 4.09. The van der Waals surface area contributed by atoms with Gasteiger partial charge in [0.05, 0.1) is 24.7 Å². The minimum Gasteiger partial charge on any atom is -0.465 e. The van der Waals surface area contributed by atoms with E-state index in [0.717, 1.165) is 89.6 Å². The van der Waals surface area contributed by atoms with E-state index in [-0.39, 0.29) is 5.91 Å². The van der Waals surface area contributed by atoms with E-state index >= 15 is 0 Å². The smallest absolute Gasteiger partial charge is 0.225 e. The summed E-state index contributed by atoms with van der Waals surface area (Å²) in [5.74, 6) is 1.84. The van der Waals surface area contributed by atoms with Crippen molar-refractivity contribution in [3.63, 3.8) is 0 Å². The van der Waals surface area contributed by atoms with Crippen LogP contribution in [0.15, 0.2) is 47.2 Å². The molecule has 1 aromatic carbocycles. The van der Waals surface area contributed by atoms with Crippen molar-refractivity contribution >= 4 is 40.8 Å². The van der Waals surface area contributed by atoms with Crippen molar-refractivity contribution in [3.05, 3.63) is 57.9 Å². The molecule has 0 aliphatic carbocycles. The molecule has 0 bridgehead atoms. The number of carbonyl (C=O) groups is 1. The number of methoxy groups -OCH3 is 1. The number of halogens is 2. The van der Waals surface area contributed by atoms with Gasteiger partial charge in [0.25, 0.3) is 0 Å². The molecule has 4 heterocycles. The number of hydrogen-bond acceptors (Lipinski definition) is 9. The molecule has 0 radical (unpaired) electrons. The first kappa shape index (κ1) is 31.7. The van der Waals surface area contributed by atoms with Gasteiger partial charge in [-0.25, -0.2) is 15.0 Å². The van der Waals surface area contributed by atoms with Crippen LogP contribution in [0.1, 0.15) is 31.7 Å². The fourth-order valence-corrected chi connectivity index (χ4v) is 6.28. The van der Waals surface area contributed by atoms with Gasteiger partial charge in [-0.05, 0) is 61.7 Å². The number of piperazine rings is 1. The lowest BCUT2D eigenvalue weighted by molar-refractivity contribution is -0.119. The van der Waals surface area contributed by atoms with Crippen LogP contribution in [0.2, 0.25) is 10.0 Å². The van der Waals surface area contributed by atoms with Crippen LogP contribution in [0, 0.1) is 5.92 Å². The Hall–Kier alpha value is -2.76. The number of amides is 1. The van der Waals surface area contributed by atoms with Crippen molar-refractivity contribution in [1.82, 2.24) is 25.1 Å². The third-order valence-corrected chi connectivity index (χ3v) is 8.58. The molecule has 43 heavy (non-hydrogen) atoms. The molecular weight excluding hydrogens is 589 g/mol. The summed E-state index contributed by atoms with van der Waals surface area (Å²) in [4.78, 5) is 32.5. The SMILES string of the molecule is COCCN1CCN(c2ncc(OC3CC(CN4CCC(CNC(C)=O)CC4)=CC(c4cc(Cl)cc(Cl)c4)=N3)cn2)CC1. The maximum absolute atomic E-state index is 11.3. The number of anilines is 1. The van der Waals surface area contributed by atoms with E-state index in [0.29, 0.717) is 34.1 Å². The number of aliphatic imine (C=N–C) groups is 1. The number of rotatable bonds is 11. The van der Waals surface area contributed by atoms with Gasteiger partial charge in [-0.15, -0.1) is 0 Å². The Bertz CT molecular complexity index is 1270. The average Bonchev–Trinajstić information content (AvgIpc) is 3.00. The summed E-state index contributed by atoms with van der Waals surface area (Å²) in [6.07, 6.45) is 7.97. The first-order valence-electron chi connectivity index (χ1n) is 15.0. The van der Waals surface area contributed by atoms with Crippen LogP contribution in [0.4, 0.5) is 5.95 Å². The average molecular weight is 631 g/mol. The van der Waals surface area contributed by atoms with E-state index in [9.17, 15) is 4.79 Å². The molecule has 3 aliphatic heterocycles. The Morgan fingerprint density at radius 2 is 1.70 bits per heavy atom. The maximum Gasteiger partial charge on any atom is 0.225 e. The summed E-state index contributed by atoms with van der Waals surface area (Å²) in [6, 6.07) is 5.48. The molecule has 2 saturated heterocycles. The first-order valence-corrected chi connectivity index (χ1v) is 15.8. The summed E-state index contributed by atoms with van der Waals surface area (Å²) in [7, 11) is 1.73. The molecule has 5 rings (SSSR count). The monoisotopic (exact) mass is 629 g/mol. The minimum absolute atomic E-state index is 0.0327. The number of carbonyl (C=O) groups excluding carboxylic acids is 1. The van der Waals surface area contributed by atoms with E-state index < -0.39 is 6.23 Å². The topological polar surface area (TPSA) is 95.4 Å². The van der Waals surface area contributed by atoms with Crippen LogP contribution >= 0.6 is 23.2 Å². The Balaban J connectivity index is 1.23. The van der Waals surface area contributed by atoms with Gasteiger partial charge >= 0.3 is 0 Å². The second-order valence-corrected chi connectivity index (χ2v) is 12.3. The lowest BCUT2D eigenvalue weighted by Gasteiger charge is -2.34. The predicted octanol–water partition coefficient (Wildman–Crippen LogP) is 3.92. The number of aromatic nitrogens is 2. The standard InChI is InChI=1S/C31H41Cl2N7O3/c1-22(41)34-18-23-3-5-39(6-4-23)21-24-13-29(25-15-26(32)17-27(33)16-25)37-30(14-24)43-28-19-35-31(36-20-28)40-9-7-38(8-10-40)11-12-42-2/h13,15-17,19-20,23,30H,3-12,14,18,21H2,1-2H3,(H,34,41). The van der Waals surface area contributed by atoms with Crippen molar-refractivity contribution in [1.29, 1.82) is 0 Å². The number of ether oxygens (including phenoxy) is 2. The number of nitrogens with one attached hydrogen (secondary N) is 1. The number of dihydropyridines is 1. The summed E-state index contributed by atoms with van der Waals surface area (Å²) < 4.78 is 11.5. The number of benzene rings is 1. The number of hydrogen-bond donors (Lipinski definition) is 1. The zero-order valence-corrected chi connectivity index (χ0v) is 26.5. The summed E-state index contributed by atoms with van der Waals surface area (Å²) in [5.41, 5.74) is 2.88. The molecular formula is C31H41Cl2N7O3. The van der Waals surface area contributed by atoms with Crippen molar-refractivity contribution in [2.24, 2.45) is 10.9 Å². The third-order valence-electron chi connectivity index (χ3n) is 8.15. The maximum atomic E-state index is 11.3. The molecule has 1 amide bonds. The van der Waals surface area contributed by atoms with Crippen molar-refractivity contribution < 1.29 is 14.3 Å². The highest BCUT2D eigenvalue weighted by atomic mass is 35.5. The highest BCUT2D eigenvalue weighted by molar-refractivity contribution is 6.35. The predicted molar refractivity (Wildman–Crippen MR) is 171 cm³/mol. The zero-order chi connectivity index (χ0) is 30.2. The molecule has 2 fully saturated rings. The van der Waals surface area contributed by atoms with Gasteiger partial charge in [0.2, 0.25) is 11.9 Å². The van der Waals surface area contributed by atoms with Crippen LogP contribution in [-0.4, -0.2) is 110 Å². The Labute approximate surface area is 264 Å². The molecule has 1 aromatic heterocycles. The van der Waals surface area contributed by atoms with E-state index in [4.69, 9.17) is 37.7 Å². The third kappa shape index (κ3) is 9.36. The van der Waals surface area contributed by atoms with E-state index in [1.54, 1.807) is 32.5 Å². The van der Waals surface area contributed by atoms with E-state index in [2.05, 4.69) is 36.1 Å². The lowest BCUT2D eigenvalue weighted by atomic mass is 9.95. The van der Waals surface area contributed by atoms with Gasteiger partial charge < -0.3 is 19.7 Å². The molecule has 0 spiro atoms. The normalized spacial score (nSPS) is 20.5. The number of likely N-dealkylation sites (tertiary alicyclic amines) is 1. The van der Waals surface area contributed by atoms with Crippen LogP contribution in [0.3, 0.4) is 0 Å².